The third-order valence-corrected chi connectivity index (χ3v) is 16.6. The zero-order chi connectivity index (χ0) is 35.8. The smallest absolute Gasteiger partial charge is 0.309 e. The first-order valence-electron chi connectivity index (χ1n) is 20.2. The number of Topliss-reactive ketones (excluding diaryl/α,β-unsaturated/α-hetero) is 1. The van der Waals surface area contributed by atoms with Gasteiger partial charge in [-0.2, -0.15) is 0 Å². The van der Waals surface area contributed by atoms with Crippen LogP contribution in [-0.4, -0.2) is 42.0 Å². The van der Waals surface area contributed by atoms with Crippen LogP contribution in [0.15, 0.2) is 11.1 Å². The number of hydrogen-bond acceptors (Lipinski definition) is 5. The number of nitrogens with one attached hydrogen (secondary N) is 1. The molecule has 0 aromatic carbocycles. The van der Waals surface area contributed by atoms with Crippen molar-refractivity contribution in [3.05, 3.63) is 11.1 Å². The normalized spacial score (nSPS) is 40.5. The van der Waals surface area contributed by atoms with E-state index in [1.807, 2.05) is 0 Å². The van der Waals surface area contributed by atoms with Crippen LogP contribution in [0, 0.1) is 62.1 Å². The topological polar surface area (TPSA) is 92.7 Å². The lowest BCUT2D eigenvalue weighted by Crippen LogP contribution is -2.65. The number of carboxylic acid groups (broad SMARTS) is 1. The van der Waals surface area contributed by atoms with Gasteiger partial charge in [0.1, 0.15) is 6.10 Å². The van der Waals surface area contributed by atoms with E-state index in [0.717, 1.165) is 57.5 Å². The number of carboxylic acids is 1. The molecule has 49 heavy (non-hydrogen) atoms. The molecule has 0 aromatic heterocycles. The molecule has 0 spiro atoms. The molecule has 8 unspecified atom stereocenters. The van der Waals surface area contributed by atoms with Crippen molar-refractivity contribution in [2.45, 2.75) is 165 Å². The van der Waals surface area contributed by atoms with Crippen LogP contribution in [0.25, 0.3) is 0 Å². The van der Waals surface area contributed by atoms with Crippen molar-refractivity contribution < 1.29 is 24.2 Å². The Morgan fingerprint density at radius 3 is 2.24 bits per heavy atom. The van der Waals surface area contributed by atoms with E-state index >= 15 is 0 Å². The van der Waals surface area contributed by atoms with Gasteiger partial charge in [-0.05, 0) is 149 Å². The minimum atomic E-state index is -1.14. The molecule has 2 N–H and O–H groups in total. The van der Waals surface area contributed by atoms with E-state index in [1.54, 1.807) is 19.4 Å². The number of allylic oxidation sites excluding steroid dienone is 2. The molecule has 0 aromatic rings. The molecular formula is C43H69NO5. The predicted octanol–water partition coefficient (Wildman–Crippen LogP) is 9.55. The summed E-state index contributed by atoms with van der Waals surface area (Å²) in [6, 6.07) is 0. The maximum atomic E-state index is 14.0. The predicted molar refractivity (Wildman–Crippen MR) is 195 cm³/mol. The lowest BCUT2D eigenvalue weighted by Gasteiger charge is -2.72. The first-order chi connectivity index (χ1) is 22.8. The van der Waals surface area contributed by atoms with Crippen molar-refractivity contribution in [1.82, 2.24) is 5.32 Å². The third-order valence-electron chi connectivity index (χ3n) is 16.6. The molecule has 6 aliphatic rings. The zero-order valence-corrected chi connectivity index (χ0v) is 32.6. The number of ether oxygens (including phenoxy) is 1. The van der Waals surface area contributed by atoms with Gasteiger partial charge in [0, 0.05) is 17.3 Å². The Morgan fingerprint density at radius 1 is 0.898 bits per heavy atom. The average molecular weight is 680 g/mol. The molecule has 0 bridgehead atoms. The average Bonchev–Trinajstić information content (AvgIpc) is 3.62. The molecule has 0 aliphatic heterocycles. The zero-order valence-electron chi connectivity index (χ0n) is 32.6. The van der Waals surface area contributed by atoms with Gasteiger partial charge in [0.15, 0.2) is 5.78 Å². The van der Waals surface area contributed by atoms with Crippen LogP contribution >= 0.6 is 0 Å². The minimum absolute atomic E-state index is 0.0347. The van der Waals surface area contributed by atoms with Gasteiger partial charge in [0.05, 0.1) is 11.8 Å². The van der Waals surface area contributed by atoms with E-state index in [1.165, 1.54) is 56.9 Å². The molecule has 276 valence electrons. The van der Waals surface area contributed by atoms with Gasteiger partial charge in [0.2, 0.25) is 0 Å². The number of ketones is 1. The Balaban J connectivity index is 1.24. The van der Waals surface area contributed by atoms with E-state index in [0.29, 0.717) is 23.5 Å². The molecule has 0 amide bonds. The first-order valence-corrected chi connectivity index (χ1v) is 20.2. The summed E-state index contributed by atoms with van der Waals surface area (Å²) in [6.07, 6.45) is 15.9. The van der Waals surface area contributed by atoms with Crippen LogP contribution in [0.3, 0.4) is 0 Å². The van der Waals surface area contributed by atoms with Gasteiger partial charge in [-0.1, -0.05) is 66.9 Å². The summed E-state index contributed by atoms with van der Waals surface area (Å²) in [5.74, 6) is 1.69. The standard InChI is InChI=1S/C43H69NO5/c1-27(2)35-30(45)24-43(22-23-44-26-28-12-10-11-13-28)21-20-41(8)29(36(35)43)14-15-32-40(7)18-17-33(49-34(46)25-38(3,4)37(47)48)39(5,6)31(40)16-19-42(32,41)9/h27-29,31-33,44H,10-26H2,1-9H3,(H,47,48). The summed E-state index contributed by atoms with van der Waals surface area (Å²) in [5.41, 5.74) is 1.98. The third kappa shape index (κ3) is 5.88. The Hall–Kier alpha value is -1.69. The monoisotopic (exact) mass is 680 g/mol. The number of hydrogen-bond donors (Lipinski definition) is 2. The number of carbonyl (C=O) groups excluding carboxylic acids is 2. The van der Waals surface area contributed by atoms with Gasteiger partial charge < -0.3 is 15.2 Å². The fourth-order valence-corrected chi connectivity index (χ4v) is 13.7. The summed E-state index contributed by atoms with van der Waals surface area (Å²) in [6.45, 7) is 22.3. The van der Waals surface area contributed by atoms with Crippen molar-refractivity contribution in [3.8, 4) is 0 Å². The summed E-state index contributed by atoms with van der Waals surface area (Å²) >= 11 is 0. The van der Waals surface area contributed by atoms with E-state index in [2.05, 4.69) is 53.8 Å². The second-order valence-corrected chi connectivity index (χ2v) is 20.3. The lowest BCUT2D eigenvalue weighted by molar-refractivity contribution is -0.233. The minimum Gasteiger partial charge on any atom is -0.481 e. The first kappa shape index (κ1) is 37.1. The van der Waals surface area contributed by atoms with Gasteiger partial charge >= 0.3 is 11.9 Å². The van der Waals surface area contributed by atoms with Gasteiger partial charge in [-0.15, -0.1) is 0 Å². The van der Waals surface area contributed by atoms with Crippen LogP contribution in [0.2, 0.25) is 0 Å². The highest BCUT2D eigenvalue weighted by molar-refractivity contribution is 6.00. The highest BCUT2D eigenvalue weighted by Crippen LogP contribution is 2.77. The van der Waals surface area contributed by atoms with Crippen LogP contribution in [0.1, 0.15) is 159 Å². The Labute approximate surface area is 297 Å². The maximum absolute atomic E-state index is 14.0. The van der Waals surface area contributed by atoms with Gasteiger partial charge in [-0.25, -0.2) is 0 Å². The molecule has 6 nitrogen and oxygen atoms in total. The number of esters is 1. The second kappa shape index (κ2) is 12.8. The SMILES string of the molecule is CC(C)C1=C2C3CCC4C5(C)CCC(OC(=O)CC(C)(C)C(=O)O)C(C)(C)C5CCC4(C)C3(C)CCC2(CCNCC2CCCC2)CC1=O. The summed E-state index contributed by atoms with van der Waals surface area (Å²) in [7, 11) is 0. The van der Waals surface area contributed by atoms with E-state index in [9.17, 15) is 19.5 Å². The van der Waals surface area contributed by atoms with Crippen LogP contribution in [-0.2, 0) is 19.1 Å². The molecule has 0 saturated heterocycles. The van der Waals surface area contributed by atoms with E-state index < -0.39 is 11.4 Å². The van der Waals surface area contributed by atoms with Gasteiger partial charge in [0.25, 0.3) is 0 Å². The Bertz CT molecular complexity index is 1360. The molecule has 6 aliphatic carbocycles. The maximum Gasteiger partial charge on any atom is 0.309 e. The quantitative estimate of drug-likeness (QED) is 0.177. The molecule has 6 heteroatoms. The second-order valence-electron chi connectivity index (χ2n) is 20.3. The van der Waals surface area contributed by atoms with Crippen molar-refractivity contribution in [1.29, 1.82) is 0 Å². The fraction of sp³-hybridized carbons (Fsp3) is 0.884. The molecule has 5 saturated carbocycles. The van der Waals surface area contributed by atoms with Gasteiger partial charge in [-0.3, -0.25) is 14.4 Å². The van der Waals surface area contributed by atoms with Crippen LogP contribution < -0.4 is 5.32 Å². The molecule has 5 fully saturated rings. The number of rotatable bonds is 10. The van der Waals surface area contributed by atoms with Crippen LogP contribution in [0.5, 0.6) is 0 Å². The molecule has 6 rings (SSSR count). The van der Waals surface area contributed by atoms with Crippen LogP contribution in [0.4, 0.5) is 0 Å². The Kier molecular flexibility index (Phi) is 9.66. The highest BCUT2D eigenvalue weighted by Gasteiger charge is 2.70. The number of carbonyl (C=O) groups is 3. The van der Waals surface area contributed by atoms with E-state index in [-0.39, 0.29) is 51.5 Å². The highest BCUT2D eigenvalue weighted by atomic mass is 16.5. The molecule has 0 radical (unpaired) electrons. The number of aliphatic carboxylic acids is 1. The molecular weight excluding hydrogens is 610 g/mol. The van der Waals surface area contributed by atoms with Crippen molar-refractivity contribution in [2.24, 2.45) is 62.1 Å². The summed E-state index contributed by atoms with van der Waals surface area (Å²) in [4.78, 5) is 38.7. The van der Waals surface area contributed by atoms with Crippen molar-refractivity contribution >= 4 is 17.7 Å². The molecule has 8 atom stereocenters. The lowest BCUT2D eigenvalue weighted by atomic mass is 9.33. The fourth-order valence-electron chi connectivity index (χ4n) is 13.7. The largest absolute Gasteiger partial charge is 0.481 e. The molecule has 0 heterocycles. The van der Waals surface area contributed by atoms with E-state index in [4.69, 9.17) is 4.74 Å². The van der Waals surface area contributed by atoms with Crippen molar-refractivity contribution in [3.63, 3.8) is 0 Å². The summed E-state index contributed by atoms with van der Waals surface area (Å²) < 4.78 is 6.18. The van der Waals surface area contributed by atoms with Crippen molar-refractivity contribution in [2.75, 3.05) is 13.1 Å². The summed E-state index contributed by atoms with van der Waals surface area (Å²) in [5, 5.41) is 13.5. The Morgan fingerprint density at radius 2 is 1.59 bits per heavy atom. The number of fused-ring (bicyclic) bond motifs is 7.